The highest BCUT2D eigenvalue weighted by Crippen LogP contribution is 2.66. The van der Waals surface area contributed by atoms with Crippen LogP contribution in [0.5, 0.6) is 11.5 Å². The third-order valence-electron chi connectivity index (χ3n) is 8.43. The highest BCUT2D eigenvalue weighted by Gasteiger charge is 2.81. The Kier molecular flexibility index (Phi) is 3.01. The van der Waals surface area contributed by atoms with Gasteiger partial charge in [-0.15, -0.1) is 0 Å². The smallest absolute Gasteiger partial charge is 0.191 e. The molecule has 7 nitrogen and oxygen atoms in total. The predicted octanol–water partition coefficient (Wildman–Crippen LogP) is -0.0408. The lowest BCUT2D eigenvalue weighted by molar-refractivity contribution is -0.992. The van der Waals surface area contributed by atoms with E-state index in [1.54, 1.807) is 6.07 Å². The first-order chi connectivity index (χ1) is 13.2. The molecule has 150 valence electrons. The monoisotopic (exact) mass is 388 g/mol. The maximum atomic E-state index is 12.9. The van der Waals surface area contributed by atoms with Crippen molar-refractivity contribution in [1.29, 1.82) is 0 Å². The van der Waals surface area contributed by atoms with E-state index in [4.69, 9.17) is 4.74 Å². The van der Waals surface area contributed by atoms with E-state index in [1.165, 1.54) is 0 Å². The number of phenols is 1. The number of aromatic hydroxyl groups is 1. The average molecular weight is 388 g/mol. The maximum Gasteiger partial charge on any atom is 0.191 e. The topological polar surface area (TPSA) is 107 Å². The minimum atomic E-state index is -1.60. The molecule has 7 heteroatoms. The number of carbonyl (C=O) groups excluding carboxylic acids is 1. The summed E-state index contributed by atoms with van der Waals surface area (Å²) in [6.45, 7) is 0.747. The lowest BCUT2D eigenvalue weighted by Gasteiger charge is -2.66. The molecule has 3 aliphatic carbocycles. The Morgan fingerprint density at radius 3 is 2.71 bits per heavy atom. The summed E-state index contributed by atoms with van der Waals surface area (Å²) in [6.07, 6.45) is -0.343. The molecule has 1 aromatic rings. The lowest BCUT2D eigenvalue weighted by Crippen LogP contribution is -2.86. The van der Waals surface area contributed by atoms with Gasteiger partial charge in [0.05, 0.1) is 25.1 Å². The van der Waals surface area contributed by atoms with Crippen LogP contribution in [0.1, 0.15) is 36.8 Å². The van der Waals surface area contributed by atoms with Crippen molar-refractivity contribution < 1.29 is 34.4 Å². The molecule has 2 heterocycles. The Bertz CT molecular complexity index is 914. The summed E-state index contributed by atoms with van der Waals surface area (Å²) in [7, 11) is 1.97. The van der Waals surface area contributed by atoms with Crippen molar-refractivity contribution in [2.24, 2.45) is 5.92 Å². The number of likely N-dealkylation sites (tertiary alicyclic amines) is 1. The van der Waals surface area contributed by atoms with Crippen LogP contribution in [0.4, 0.5) is 0 Å². The van der Waals surface area contributed by atoms with Gasteiger partial charge in [0, 0.05) is 30.7 Å². The second-order valence-electron chi connectivity index (χ2n) is 9.81. The van der Waals surface area contributed by atoms with Crippen LogP contribution in [-0.2, 0) is 16.6 Å². The fourth-order valence-electron chi connectivity index (χ4n) is 6.97. The zero-order chi connectivity index (χ0) is 19.6. The van der Waals surface area contributed by atoms with E-state index in [1.807, 2.05) is 13.1 Å². The molecule has 2 bridgehead atoms. The molecule has 3 fully saturated rings. The first kappa shape index (κ1) is 17.2. The summed E-state index contributed by atoms with van der Waals surface area (Å²) in [5.74, 6) is 0.394. The number of ketones is 1. The number of ether oxygens (including phenoxy) is 1. The predicted molar refractivity (Wildman–Crippen MR) is 96.7 cm³/mol. The second-order valence-corrected chi connectivity index (χ2v) is 9.81. The molecular weight excluding hydrogens is 362 g/mol. The molecule has 7 atom stereocenters. The number of phenolic OH excluding ortho intramolecular Hbond substituents is 1. The van der Waals surface area contributed by atoms with E-state index >= 15 is 0 Å². The fraction of sp³-hybridized carbons (Fsp3) is 0.667. The van der Waals surface area contributed by atoms with Gasteiger partial charge < -0.3 is 25.2 Å². The number of nitrogens with zero attached hydrogens (tertiary/aromatic N) is 1. The molecule has 5 aliphatic rings. The normalized spacial score (nSPS) is 48.2. The van der Waals surface area contributed by atoms with Crippen molar-refractivity contribution in [3.63, 3.8) is 0 Å². The van der Waals surface area contributed by atoms with Gasteiger partial charge in [-0.1, -0.05) is 6.07 Å². The number of hydrogen-bond donors (Lipinski definition) is 4. The summed E-state index contributed by atoms with van der Waals surface area (Å²) < 4.78 is 6.23. The molecule has 1 spiro atoms. The van der Waals surface area contributed by atoms with E-state index in [9.17, 15) is 25.2 Å². The SMILES string of the molecule is C[N@+]1(CC2CC2)C(O)C[C@]23c4c5ccc(O)c4O[C@H]2C(=O)CC(O)[C@@]3(O)[C@H]1C5. The van der Waals surface area contributed by atoms with Crippen LogP contribution in [0, 0.1) is 5.92 Å². The highest BCUT2D eigenvalue weighted by molar-refractivity contribution is 5.90. The number of hydrogen-bond acceptors (Lipinski definition) is 6. The number of likely N-dealkylation sites (N-methyl/N-ethyl adjacent to an activating group) is 1. The number of carbonyl (C=O) groups is 1. The highest BCUT2D eigenvalue weighted by atomic mass is 16.5. The molecular formula is C21H26NO6+. The van der Waals surface area contributed by atoms with E-state index < -0.39 is 35.5 Å². The molecule has 6 rings (SSSR count). The molecule has 0 radical (unpaired) electrons. The molecule has 28 heavy (non-hydrogen) atoms. The zero-order valence-electron chi connectivity index (χ0n) is 15.8. The maximum absolute atomic E-state index is 12.9. The standard InChI is InChI=1S/C21H25NO6/c1-22(9-10-2-3-10)14-6-11-4-5-12(23)18-17(11)20(8-16(22)26)19(28-18)13(24)7-15(25)21(14,20)27/h4-5,10,14-16,19,25-27H,2-3,6-9H2,1H3/p+1/t14-,15?,16?,19+,20+,21+,22-/m1/s1. The van der Waals surface area contributed by atoms with E-state index in [0.29, 0.717) is 17.9 Å². The van der Waals surface area contributed by atoms with Crippen LogP contribution in [0.25, 0.3) is 0 Å². The van der Waals surface area contributed by atoms with Gasteiger partial charge in [0.1, 0.15) is 6.04 Å². The molecule has 2 aliphatic heterocycles. The van der Waals surface area contributed by atoms with E-state index in [2.05, 4.69) is 0 Å². The Labute approximate surface area is 162 Å². The van der Waals surface area contributed by atoms with E-state index in [0.717, 1.165) is 24.9 Å². The molecule has 2 saturated carbocycles. The lowest BCUT2D eigenvalue weighted by atomic mass is 9.47. The Balaban J connectivity index is 1.65. The number of aliphatic hydroxyl groups excluding tert-OH is 2. The Morgan fingerprint density at radius 2 is 2.00 bits per heavy atom. The number of quaternary nitrogens is 1. The van der Waals surface area contributed by atoms with Crippen LogP contribution in [0.15, 0.2) is 12.1 Å². The van der Waals surface area contributed by atoms with Crippen molar-refractivity contribution in [1.82, 2.24) is 0 Å². The average Bonchev–Trinajstić information content (AvgIpc) is 3.37. The first-order valence-electron chi connectivity index (χ1n) is 10.2. The van der Waals surface area contributed by atoms with Crippen molar-refractivity contribution in [2.75, 3.05) is 13.6 Å². The van der Waals surface area contributed by atoms with Crippen LogP contribution >= 0.6 is 0 Å². The number of rotatable bonds is 2. The summed E-state index contributed by atoms with van der Waals surface area (Å²) in [5, 5.41) is 45.0. The van der Waals surface area contributed by atoms with Crippen LogP contribution in [0.2, 0.25) is 0 Å². The van der Waals surface area contributed by atoms with Gasteiger partial charge in [0.15, 0.2) is 35.2 Å². The summed E-state index contributed by atoms with van der Waals surface area (Å²) >= 11 is 0. The number of benzene rings is 1. The Hall–Kier alpha value is -1.67. The van der Waals surface area contributed by atoms with Crippen molar-refractivity contribution >= 4 is 5.78 Å². The van der Waals surface area contributed by atoms with Crippen molar-refractivity contribution in [3.05, 3.63) is 23.3 Å². The molecule has 1 saturated heterocycles. The van der Waals surface area contributed by atoms with Gasteiger partial charge in [-0.2, -0.15) is 0 Å². The molecule has 0 amide bonds. The largest absolute Gasteiger partial charge is 0.504 e. The Morgan fingerprint density at radius 1 is 1.25 bits per heavy atom. The second kappa shape index (κ2) is 4.90. The third kappa shape index (κ3) is 1.66. The number of aliphatic hydroxyl groups is 3. The zero-order valence-corrected chi connectivity index (χ0v) is 15.8. The van der Waals surface area contributed by atoms with Gasteiger partial charge in [0.25, 0.3) is 0 Å². The number of Topliss-reactive ketones (excluding diaryl/α,β-unsaturated/α-hetero) is 1. The van der Waals surface area contributed by atoms with Gasteiger partial charge in [-0.3, -0.25) is 9.28 Å². The van der Waals surface area contributed by atoms with Crippen LogP contribution < -0.4 is 4.74 Å². The van der Waals surface area contributed by atoms with Gasteiger partial charge in [-0.25, -0.2) is 0 Å². The minimum Gasteiger partial charge on any atom is -0.504 e. The van der Waals surface area contributed by atoms with Crippen LogP contribution in [-0.4, -0.2) is 74.4 Å². The molecule has 2 unspecified atom stereocenters. The first-order valence-corrected chi connectivity index (χ1v) is 10.2. The van der Waals surface area contributed by atoms with Crippen molar-refractivity contribution in [2.45, 2.75) is 67.6 Å². The van der Waals surface area contributed by atoms with Crippen LogP contribution in [0.3, 0.4) is 0 Å². The third-order valence-corrected chi connectivity index (χ3v) is 8.43. The van der Waals surface area contributed by atoms with Gasteiger partial charge >= 0.3 is 0 Å². The van der Waals surface area contributed by atoms with Gasteiger partial charge in [-0.05, 0) is 24.5 Å². The molecule has 1 aromatic carbocycles. The van der Waals surface area contributed by atoms with Crippen molar-refractivity contribution in [3.8, 4) is 11.5 Å². The number of piperidine rings is 1. The quantitative estimate of drug-likeness (QED) is 0.530. The fourth-order valence-corrected chi connectivity index (χ4v) is 6.97. The summed E-state index contributed by atoms with van der Waals surface area (Å²) in [5.41, 5.74) is -1.28. The minimum absolute atomic E-state index is 0.0686. The summed E-state index contributed by atoms with van der Waals surface area (Å²) in [6, 6.07) is 2.96. The van der Waals surface area contributed by atoms with Gasteiger partial charge in [0.2, 0.25) is 0 Å². The summed E-state index contributed by atoms with van der Waals surface area (Å²) in [4.78, 5) is 12.9. The van der Waals surface area contributed by atoms with E-state index in [-0.39, 0.29) is 34.6 Å². The molecule has 0 aromatic heterocycles. The molecule has 4 N–H and O–H groups in total.